The number of fused-ring (bicyclic) bond motifs is 1. The van der Waals surface area contributed by atoms with Gasteiger partial charge in [0.2, 0.25) is 0 Å². The molecule has 5 nitrogen and oxygen atoms in total. The van der Waals surface area contributed by atoms with Crippen LogP contribution in [0.4, 0.5) is 0 Å². The molecule has 0 bridgehead atoms. The Balaban J connectivity index is 2.09. The molecule has 2 aromatic rings. The molecule has 0 heterocycles. The third-order valence-electron chi connectivity index (χ3n) is 4.78. The van der Waals surface area contributed by atoms with E-state index in [1.165, 1.54) is 6.08 Å². The number of hydrogen-bond donors (Lipinski definition) is 3. The molecule has 0 aliphatic carbocycles. The molecule has 3 atom stereocenters. The maximum Gasteiger partial charge on any atom is 0.335 e. The smallest absolute Gasteiger partial charge is 0.335 e. The zero-order chi connectivity index (χ0) is 20.7. The van der Waals surface area contributed by atoms with Gasteiger partial charge in [0, 0.05) is 11.3 Å². The summed E-state index contributed by atoms with van der Waals surface area (Å²) in [6, 6.07) is 11.1. The van der Waals surface area contributed by atoms with Crippen molar-refractivity contribution in [3.8, 4) is 5.75 Å². The largest absolute Gasteiger partial charge is 0.507 e. The Morgan fingerprint density at radius 2 is 1.86 bits per heavy atom. The molecule has 0 saturated carbocycles. The van der Waals surface area contributed by atoms with Crippen LogP contribution in [-0.4, -0.2) is 40.1 Å². The summed E-state index contributed by atoms with van der Waals surface area (Å²) >= 11 is 0. The van der Waals surface area contributed by atoms with Gasteiger partial charge < -0.3 is 20.1 Å². The number of carbonyl (C=O) groups excluding carboxylic acids is 1. The van der Waals surface area contributed by atoms with Gasteiger partial charge in [-0.25, -0.2) is 4.79 Å². The summed E-state index contributed by atoms with van der Waals surface area (Å²) in [6.07, 6.45) is 1.99. The highest BCUT2D eigenvalue weighted by atomic mass is 16.5. The van der Waals surface area contributed by atoms with Gasteiger partial charge in [-0.2, -0.15) is 0 Å². The first-order valence-corrected chi connectivity index (χ1v) is 9.42. The van der Waals surface area contributed by atoms with E-state index in [1.54, 1.807) is 13.0 Å². The molecule has 0 fully saturated rings. The van der Waals surface area contributed by atoms with E-state index in [2.05, 4.69) is 6.58 Å². The van der Waals surface area contributed by atoms with E-state index in [4.69, 9.17) is 4.74 Å². The Morgan fingerprint density at radius 1 is 1.18 bits per heavy atom. The van der Waals surface area contributed by atoms with Crippen LogP contribution in [0.1, 0.15) is 32.3 Å². The summed E-state index contributed by atoms with van der Waals surface area (Å²) in [4.78, 5) is 11.7. The van der Waals surface area contributed by atoms with E-state index >= 15 is 0 Å². The summed E-state index contributed by atoms with van der Waals surface area (Å²) in [7, 11) is 0. The number of aliphatic hydroxyl groups excluding tert-OH is 2. The first-order valence-electron chi connectivity index (χ1n) is 9.42. The van der Waals surface area contributed by atoms with Gasteiger partial charge in [-0.3, -0.25) is 0 Å². The van der Waals surface area contributed by atoms with Crippen molar-refractivity contribution < 1.29 is 24.9 Å². The molecule has 0 amide bonds. The van der Waals surface area contributed by atoms with E-state index in [9.17, 15) is 20.1 Å². The molecule has 0 aliphatic rings. The quantitative estimate of drug-likeness (QED) is 0.452. The maximum atomic E-state index is 11.7. The summed E-state index contributed by atoms with van der Waals surface area (Å²) in [6.45, 7) is 7.40. The number of rotatable bonds is 9. The van der Waals surface area contributed by atoms with Crippen LogP contribution in [0.25, 0.3) is 16.8 Å². The van der Waals surface area contributed by atoms with E-state index in [1.807, 2.05) is 43.3 Å². The second kappa shape index (κ2) is 10.1. The summed E-state index contributed by atoms with van der Waals surface area (Å²) < 4.78 is 4.81. The molecule has 2 rings (SSSR count). The number of esters is 1. The molecular formula is C23H28O5. The molecule has 0 aliphatic heterocycles. The Labute approximate surface area is 165 Å². The number of aliphatic hydroxyl groups is 2. The molecule has 28 heavy (non-hydrogen) atoms. The molecule has 0 unspecified atom stereocenters. The van der Waals surface area contributed by atoms with Gasteiger partial charge in [0.1, 0.15) is 5.75 Å². The fraction of sp³-hybridized carbons (Fsp3) is 0.348. The standard InChI is InChI=1S/C23H28O5/c1-4-17(22(26)23(27)28-5-2)20(24)12-10-15(3)14-16-11-13-21(25)19-9-7-6-8-18(16)19/h4,6-9,11,13-14,17,20,22,24-26H,1,5,10,12H2,2-3H3/b15-14+/t17-,20-,22+/m1/s1. The van der Waals surface area contributed by atoms with Crippen molar-refractivity contribution >= 4 is 22.8 Å². The average molecular weight is 384 g/mol. The normalized spacial score (nSPS) is 15.1. The number of carbonyl (C=O) groups is 1. The lowest BCUT2D eigenvalue weighted by Gasteiger charge is -2.23. The van der Waals surface area contributed by atoms with Crippen LogP contribution in [0.5, 0.6) is 5.75 Å². The van der Waals surface area contributed by atoms with Crippen molar-refractivity contribution in [2.75, 3.05) is 6.61 Å². The van der Waals surface area contributed by atoms with Crippen molar-refractivity contribution in [2.24, 2.45) is 5.92 Å². The van der Waals surface area contributed by atoms with Gasteiger partial charge in [-0.15, -0.1) is 6.58 Å². The highest BCUT2D eigenvalue weighted by Gasteiger charge is 2.30. The van der Waals surface area contributed by atoms with Crippen LogP contribution in [0.2, 0.25) is 0 Å². The minimum Gasteiger partial charge on any atom is -0.507 e. The molecule has 3 N–H and O–H groups in total. The van der Waals surface area contributed by atoms with Crippen LogP contribution < -0.4 is 0 Å². The zero-order valence-corrected chi connectivity index (χ0v) is 16.3. The zero-order valence-electron chi connectivity index (χ0n) is 16.3. The van der Waals surface area contributed by atoms with Gasteiger partial charge in [0.05, 0.1) is 12.7 Å². The van der Waals surface area contributed by atoms with Gasteiger partial charge in [0.25, 0.3) is 0 Å². The molecule has 0 spiro atoms. The number of aromatic hydroxyl groups is 1. The van der Waals surface area contributed by atoms with Crippen LogP contribution >= 0.6 is 0 Å². The summed E-state index contributed by atoms with van der Waals surface area (Å²) in [5.41, 5.74) is 2.01. The number of ether oxygens (including phenoxy) is 1. The molecular weight excluding hydrogens is 356 g/mol. The van der Waals surface area contributed by atoms with Crippen molar-refractivity contribution in [3.63, 3.8) is 0 Å². The predicted octanol–water partition coefficient (Wildman–Crippen LogP) is 3.82. The first kappa shape index (κ1) is 21.7. The molecule has 0 saturated heterocycles. The second-order valence-electron chi connectivity index (χ2n) is 6.83. The van der Waals surface area contributed by atoms with Crippen molar-refractivity contribution in [3.05, 3.63) is 60.2 Å². The van der Waals surface area contributed by atoms with Gasteiger partial charge in [0.15, 0.2) is 6.10 Å². The van der Waals surface area contributed by atoms with Crippen LogP contribution in [-0.2, 0) is 9.53 Å². The molecule has 5 heteroatoms. The van der Waals surface area contributed by atoms with Gasteiger partial charge in [-0.05, 0) is 43.7 Å². The lowest BCUT2D eigenvalue weighted by atomic mass is 9.91. The number of hydrogen-bond acceptors (Lipinski definition) is 5. The fourth-order valence-electron chi connectivity index (χ4n) is 3.22. The Morgan fingerprint density at radius 3 is 2.50 bits per heavy atom. The molecule has 0 aromatic heterocycles. The number of benzene rings is 2. The minimum absolute atomic E-state index is 0.165. The number of allylic oxidation sites excluding steroid dienone is 1. The number of phenolic OH excluding ortho intramolecular Hbond substituents is 1. The lowest BCUT2D eigenvalue weighted by Crippen LogP contribution is -2.37. The maximum absolute atomic E-state index is 11.7. The number of phenols is 1. The van der Waals surface area contributed by atoms with Crippen LogP contribution in [0.15, 0.2) is 54.6 Å². The first-order chi connectivity index (χ1) is 13.4. The topological polar surface area (TPSA) is 87.0 Å². The monoisotopic (exact) mass is 384 g/mol. The van der Waals surface area contributed by atoms with Crippen LogP contribution in [0, 0.1) is 5.92 Å². The van der Waals surface area contributed by atoms with E-state index in [0.717, 1.165) is 21.9 Å². The minimum atomic E-state index is -1.43. The Kier molecular flexibility index (Phi) is 7.79. The van der Waals surface area contributed by atoms with Crippen LogP contribution in [0.3, 0.4) is 0 Å². The van der Waals surface area contributed by atoms with Crippen molar-refractivity contribution in [1.29, 1.82) is 0 Å². The third-order valence-corrected chi connectivity index (χ3v) is 4.78. The predicted molar refractivity (Wildman–Crippen MR) is 111 cm³/mol. The highest BCUT2D eigenvalue weighted by molar-refractivity contribution is 5.94. The molecule has 150 valence electrons. The average Bonchev–Trinajstić information content (AvgIpc) is 2.69. The Bertz CT molecular complexity index is 855. The highest BCUT2D eigenvalue weighted by Crippen LogP contribution is 2.29. The lowest BCUT2D eigenvalue weighted by molar-refractivity contribution is -0.157. The van der Waals surface area contributed by atoms with E-state index < -0.39 is 24.1 Å². The van der Waals surface area contributed by atoms with Crippen molar-refractivity contribution in [2.45, 2.75) is 38.9 Å². The molecule has 2 aromatic carbocycles. The summed E-state index contributed by atoms with van der Waals surface area (Å²) in [5, 5.41) is 32.2. The van der Waals surface area contributed by atoms with Crippen molar-refractivity contribution in [1.82, 2.24) is 0 Å². The van der Waals surface area contributed by atoms with Gasteiger partial charge >= 0.3 is 5.97 Å². The molecule has 0 radical (unpaired) electrons. The fourth-order valence-corrected chi connectivity index (χ4v) is 3.22. The third kappa shape index (κ3) is 5.21. The van der Waals surface area contributed by atoms with Gasteiger partial charge in [-0.1, -0.05) is 48.1 Å². The van der Waals surface area contributed by atoms with E-state index in [-0.39, 0.29) is 12.4 Å². The Hall–Kier alpha value is -2.63. The SMILES string of the molecule is C=C[C@H]([C@H](O)CC/C(C)=C/c1ccc(O)c2ccccc12)[C@H](O)C(=O)OCC. The summed E-state index contributed by atoms with van der Waals surface area (Å²) in [5.74, 6) is -1.31. The van der Waals surface area contributed by atoms with E-state index in [0.29, 0.717) is 12.8 Å². The second-order valence-corrected chi connectivity index (χ2v) is 6.83.